The molecule has 2 saturated heterocycles. The molecule has 18 heavy (non-hydrogen) atoms. The lowest BCUT2D eigenvalue weighted by molar-refractivity contribution is 0.364. The van der Waals surface area contributed by atoms with Gasteiger partial charge in [-0.2, -0.15) is 0 Å². The zero-order valence-electron chi connectivity index (χ0n) is 10.2. The summed E-state index contributed by atoms with van der Waals surface area (Å²) < 4.78 is 0. The Hall–Kier alpha value is -1.26. The van der Waals surface area contributed by atoms with Crippen molar-refractivity contribution < 1.29 is 0 Å². The highest BCUT2D eigenvalue weighted by molar-refractivity contribution is 7.13. The SMILES string of the molecule is c1csc(-c2ccc(C34CCN(CC3)C4)cn2)n1. The van der Waals surface area contributed by atoms with Crippen LogP contribution in [0.3, 0.4) is 0 Å². The molecule has 2 bridgehead atoms. The van der Waals surface area contributed by atoms with Crippen molar-refractivity contribution in [2.24, 2.45) is 0 Å². The molecule has 0 radical (unpaired) electrons. The number of hydrogen-bond acceptors (Lipinski definition) is 4. The van der Waals surface area contributed by atoms with E-state index < -0.39 is 0 Å². The summed E-state index contributed by atoms with van der Waals surface area (Å²) in [4.78, 5) is 11.5. The fourth-order valence-corrected chi connectivity index (χ4v) is 3.90. The number of rotatable bonds is 2. The van der Waals surface area contributed by atoms with Crippen LogP contribution in [0, 0.1) is 0 Å². The summed E-state index contributed by atoms with van der Waals surface area (Å²) in [5.41, 5.74) is 2.81. The number of pyridine rings is 1. The quantitative estimate of drug-likeness (QED) is 0.828. The molecule has 0 aromatic carbocycles. The van der Waals surface area contributed by atoms with Crippen LogP contribution in [0.5, 0.6) is 0 Å². The second kappa shape index (κ2) is 3.87. The highest BCUT2D eigenvalue weighted by Crippen LogP contribution is 2.43. The Labute approximate surface area is 111 Å². The van der Waals surface area contributed by atoms with Gasteiger partial charge in [-0.1, -0.05) is 6.07 Å². The fourth-order valence-electron chi connectivity index (χ4n) is 3.29. The first kappa shape index (κ1) is 10.6. The van der Waals surface area contributed by atoms with Gasteiger partial charge < -0.3 is 4.90 Å². The fraction of sp³-hybridized carbons (Fsp3) is 0.429. The third-order valence-corrected chi connectivity index (χ3v) is 5.16. The van der Waals surface area contributed by atoms with E-state index in [-0.39, 0.29) is 0 Å². The normalized spacial score (nSPS) is 29.9. The van der Waals surface area contributed by atoms with Crippen LogP contribution in [0.25, 0.3) is 10.7 Å². The van der Waals surface area contributed by atoms with Gasteiger partial charge in [-0.05, 0) is 37.6 Å². The highest BCUT2D eigenvalue weighted by Gasteiger charge is 2.44. The second-order valence-corrected chi connectivity index (χ2v) is 6.22. The molecule has 2 fully saturated rings. The minimum absolute atomic E-state index is 0.397. The summed E-state index contributed by atoms with van der Waals surface area (Å²) in [6.07, 6.45) is 6.50. The first-order valence-electron chi connectivity index (χ1n) is 6.45. The van der Waals surface area contributed by atoms with Crippen molar-refractivity contribution in [1.82, 2.24) is 14.9 Å². The number of thiazole rings is 1. The van der Waals surface area contributed by atoms with Gasteiger partial charge in [0, 0.05) is 29.7 Å². The Kier molecular flexibility index (Phi) is 2.29. The van der Waals surface area contributed by atoms with Gasteiger partial charge in [0.05, 0.1) is 5.69 Å². The number of piperidine rings is 1. The van der Waals surface area contributed by atoms with Crippen molar-refractivity contribution in [3.05, 3.63) is 35.5 Å². The average molecular weight is 257 g/mol. The van der Waals surface area contributed by atoms with Crippen LogP contribution in [-0.2, 0) is 5.41 Å². The van der Waals surface area contributed by atoms with Crippen LogP contribution >= 0.6 is 11.3 Å². The zero-order valence-corrected chi connectivity index (χ0v) is 11.0. The van der Waals surface area contributed by atoms with Crippen LogP contribution < -0.4 is 0 Å². The summed E-state index contributed by atoms with van der Waals surface area (Å²) in [7, 11) is 0. The Morgan fingerprint density at radius 3 is 2.61 bits per heavy atom. The standard InChI is InChI=1S/C14H15N3S/c1-2-12(13-15-5-8-18-13)16-9-11(1)14-3-6-17(10-14)7-4-14/h1-2,5,8-9H,3-4,6-7,10H2. The lowest BCUT2D eigenvalue weighted by Crippen LogP contribution is -2.24. The average Bonchev–Trinajstić information content (AvgIpc) is 3.16. The molecule has 0 spiro atoms. The van der Waals surface area contributed by atoms with Crippen molar-refractivity contribution in [2.45, 2.75) is 18.3 Å². The van der Waals surface area contributed by atoms with Gasteiger partial charge in [-0.3, -0.25) is 4.98 Å². The molecule has 0 aliphatic carbocycles. The molecule has 92 valence electrons. The summed E-state index contributed by atoms with van der Waals surface area (Å²) >= 11 is 1.65. The summed E-state index contributed by atoms with van der Waals surface area (Å²) in [5.74, 6) is 0. The van der Waals surface area contributed by atoms with Crippen molar-refractivity contribution in [1.29, 1.82) is 0 Å². The summed E-state index contributed by atoms with van der Waals surface area (Å²) in [5, 5.41) is 3.01. The highest BCUT2D eigenvalue weighted by atomic mass is 32.1. The van der Waals surface area contributed by atoms with E-state index in [1.54, 1.807) is 11.3 Å². The van der Waals surface area contributed by atoms with Crippen molar-refractivity contribution in [3.63, 3.8) is 0 Å². The lowest BCUT2D eigenvalue weighted by Gasteiger charge is -2.25. The third kappa shape index (κ3) is 1.52. The molecule has 2 aliphatic rings. The van der Waals surface area contributed by atoms with Gasteiger partial charge in [-0.15, -0.1) is 11.3 Å². The lowest BCUT2D eigenvalue weighted by atomic mass is 9.78. The predicted molar refractivity (Wildman–Crippen MR) is 72.7 cm³/mol. The van der Waals surface area contributed by atoms with Gasteiger partial charge in [0.2, 0.25) is 0 Å². The molecular weight excluding hydrogens is 242 g/mol. The van der Waals surface area contributed by atoms with Crippen LogP contribution in [0.15, 0.2) is 29.9 Å². The Bertz CT molecular complexity index is 539. The molecule has 3 nitrogen and oxygen atoms in total. The van der Waals surface area contributed by atoms with Gasteiger partial charge >= 0.3 is 0 Å². The van der Waals surface area contributed by atoms with E-state index in [1.165, 1.54) is 38.0 Å². The number of aromatic nitrogens is 2. The van der Waals surface area contributed by atoms with E-state index in [1.807, 2.05) is 11.6 Å². The summed E-state index contributed by atoms with van der Waals surface area (Å²) in [6, 6.07) is 4.39. The molecule has 0 N–H and O–H groups in total. The summed E-state index contributed by atoms with van der Waals surface area (Å²) in [6.45, 7) is 3.74. The number of hydrogen-bond donors (Lipinski definition) is 0. The van der Waals surface area contributed by atoms with E-state index in [2.05, 4.69) is 33.2 Å². The van der Waals surface area contributed by atoms with Crippen molar-refractivity contribution in [3.8, 4) is 10.7 Å². The molecule has 0 saturated carbocycles. The third-order valence-electron chi connectivity index (χ3n) is 4.37. The number of fused-ring (bicyclic) bond motifs is 2. The maximum Gasteiger partial charge on any atom is 0.141 e. The second-order valence-electron chi connectivity index (χ2n) is 5.33. The Morgan fingerprint density at radius 1 is 1.17 bits per heavy atom. The Morgan fingerprint density at radius 2 is 2.06 bits per heavy atom. The Balaban J connectivity index is 1.68. The van der Waals surface area contributed by atoms with Crippen LogP contribution in [0.1, 0.15) is 18.4 Å². The molecule has 4 heterocycles. The van der Waals surface area contributed by atoms with Gasteiger partial charge in [0.15, 0.2) is 0 Å². The van der Waals surface area contributed by atoms with E-state index >= 15 is 0 Å². The smallest absolute Gasteiger partial charge is 0.141 e. The minimum atomic E-state index is 0.397. The molecule has 4 rings (SSSR count). The molecule has 0 atom stereocenters. The molecule has 2 aliphatic heterocycles. The molecule has 0 amide bonds. The molecule has 0 unspecified atom stereocenters. The maximum absolute atomic E-state index is 4.61. The predicted octanol–water partition coefficient (Wildman–Crippen LogP) is 2.55. The minimum Gasteiger partial charge on any atom is -0.302 e. The maximum atomic E-state index is 4.61. The van der Waals surface area contributed by atoms with Gasteiger partial charge in [0.25, 0.3) is 0 Å². The molecular formula is C14H15N3S. The van der Waals surface area contributed by atoms with E-state index in [9.17, 15) is 0 Å². The largest absolute Gasteiger partial charge is 0.302 e. The zero-order chi connectivity index (χ0) is 12.0. The molecule has 2 aromatic rings. The van der Waals surface area contributed by atoms with Gasteiger partial charge in [0.1, 0.15) is 5.01 Å². The molecule has 2 aromatic heterocycles. The number of nitrogens with zero attached hydrogens (tertiary/aromatic N) is 3. The first-order chi connectivity index (χ1) is 8.86. The monoisotopic (exact) mass is 257 g/mol. The van der Waals surface area contributed by atoms with Crippen LogP contribution in [0.2, 0.25) is 0 Å². The van der Waals surface area contributed by atoms with E-state index in [4.69, 9.17) is 0 Å². The van der Waals surface area contributed by atoms with Crippen LogP contribution in [-0.4, -0.2) is 34.5 Å². The topological polar surface area (TPSA) is 29.0 Å². The van der Waals surface area contributed by atoms with Gasteiger partial charge in [-0.25, -0.2) is 4.98 Å². The van der Waals surface area contributed by atoms with E-state index in [0.717, 1.165) is 10.7 Å². The van der Waals surface area contributed by atoms with Crippen molar-refractivity contribution in [2.75, 3.05) is 19.6 Å². The van der Waals surface area contributed by atoms with Crippen molar-refractivity contribution >= 4 is 11.3 Å². The van der Waals surface area contributed by atoms with Crippen LogP contribution in [0.4, 0.5) is 0 Å². The molecule has 4 heteroatoms. The van der Waals surface area contributed by atoms with E-state index in [0.29, 0.717) is 5.41 Å². The first-order valence-corrected chi connectivity index (χ1v) is 7.33.